The topological polar surface area (TPSA) is 15.3 Å². The second kappa shape index (κ2) is 5.58. The molecule has 0 atom stereocenters. The highest BCUT2D eigenvalue weighted by Gasteiger charge is 2.15. The Hall–Kier alpha value is -1.96. The third-order valence-corrected chi connectivity index (χ3v) is 3.84. The zero-order valence-corrected chi connectivity index (χ0v) is 12.3. The van der Waals surface area contributed by atoms with Crippen molar-refractivity contribution in [2.24, 2.45) is 0 Å². The van der Waals surface area contributed by atoms with Crippen molar-refractivity contribution in [1.82, 2.24) is 0 Å². The van der Waals surface area contributed by atoms with Crippen molar-refractivity contribution in [2.45, 2.75) is 26.7 Å². The maximum Gasteiger partial charge on any atom is 0.0646 e. The lowest BCUT2D eigenvalue weighted by atomic mass is 10.1. The quantitative estimate of drug-likeness (QED) is 0.808. The average molecular weight is 266 g/mol. The van der Waals surface area contributed by atoms with E-state index in [9.17, 15) is 0 Å². The van der Waals surface area contributed by atoms with Gasteiger partial charge in [-0.05, 0) is 62.1 Å². The SMILES string of the molecule is Cc1cc(C)cc(N2CCCCNc3ccccc32)c1. The van der Waals surface area contributed by atoms with Crippen molar-refractivity contribution in [3.63, 3.8) is 0 Å². The van der Waals surface area contributed by atoms with Gasteiger partial charge in [-0.1, -0.05) is 18.2 Å². The minimum Gasteiger partial charge on any atom is -0.383 e. The fraction of sp³-hybridized carbons (Fsp3) is 0.333. The van der Waals surface area contributed by atoms with E-state index in [1.807, 2.05) is 0 Å². The Balaban J connectivity index is 2.07. The number of nitrogens with one attached hydrogen (secondary N) is 1. The van der Waals surface area contributed by atoms with Crippen molar-refractivity contribution >= 4 is 17.1 Å². The summed E-state index contributed by atoms with van der Waals surface area (Å²) in [6, 6.07) is 15.4. The highest BCUT2D eigenvalue weighted by molar-refractivity contribution is 5.77. The molecule has 20 heavy (non-hydrogen) atoms. The second-order valence-corrected chi connectivity index (χ2v) is 5.65. The monoisotopic (exact) mass is 266 g/mol. The third kappa shape index (κ3) is 2.64. The van der Waals surface area contributed by atoms with Gasteiger partial charge in [-0.2, -0.15) is 0 Å². The van der Waals surface area contributed by atoms with Crippen LogP contribution in [0.5, 0.6) is 0 Å². The van der Waals surface area contributed by atoms with Gasteiger partial charge in [0, 0.05) is 18.8 Å². The van der Waals surface area contributed by atoms with Crippen LogP contribution < -0.4 is 10.2 Å². The van der Waals surface area contributed by atoms with Crippen LogP contribution >= 0.6 is 0 Å². The average Bonchev–Trinajstić information content (AvgIpc) is 2.38. The van der Waals surface area contributed by atoms with Gasteiger partial charge in [-0.3, -0.25) is 0 Å². The van der Waals surface area contributed by atoms with Gasteiger partial charge in [0.25, 0.3) is 0 Å². The Morgan fingerprint density at radius 3 is 2.50 bits per heavy atom. The Bertz CT molecular complexity index is 584. The van der Waals surface area contributed by atoms with Crippen LogP contribution in [0.1, 0.15) is 24.0 Å². The van der Waals surface area contributed by atoms with Crippen molar-refractivity contribution in [2.75, 3.05) is 23.3 Å². The number of rotatable bonds is 1. The fourth-order valence-electron chi connectivity index (χ4n) is 2.97. The van der Waals surface area contributed by atoms with Crippen molar-refractivity contribution in [3.8, 4) is 0 Å². The smallest absolute Gasteiger partial charge is 0.0646 e. The van der Waals surface area contributed by atoms with Gasteiger partial charge in [0.1, 0.15) is 0 Å². The van der Waals surface area contributed by atoms with E-state index < -0.39 is 0 Å². The van der Waals surface area contributed by atoms with Crippen LogP contribution in [0.3, 0.4) is 0 Å². The van der Waals surface area contributed by atoms with Crippen LogP contribution in [0.2, 0.25) is 0 Å². The molecule has 1 aliphatic rings. The second-order valence-electron chi connectivity index (χ2n) is 5.65. The molecule has 0 bridgehead atoms. The standard InChI is InChI=1S/C18H22N2/c1-14-11-15(2)13-16(12-14)20-10-6-5-9-19-17-7-3-4-8-18(17)20/h3-4,7-8,11-13,19H,5-6,9-10H2,1-2H3. The molecule has 0 amide bonds. The molecule has 0 unspecified atom stereocenters. The first-order valence-corrected chi connectivity index (χ1v) is 7.43. The summed E-state index contributed by atoms with van der Waals surface area (Å²) >= 11 is 0. The number of nitrogens with zero attached hydrogens (tertiary/aromatic N) is 1. The summed E-state index contributed by atoms with van der Waals surface area (Å²) in [5.41, 5.74) is 6.49. The van der Waals surface area contributed by atoms with Crippen LogP contribution in [0.15, 0.2) is 42.5 Å². The van der Waals surface area contributed by atoms with E-state index in [1.54, 1.807) is 0 Å². The molecule has 3 rings (SSSR count). The molecule has 1 heterocycles. The minimum absolute atomic E-state index is 1.07. The Morgan fingerprint density at radius 2 is 1.70 bits per heavy atom. The molecule has 1 N–H and O–H groups in total. The number of para-hydroxylation sites is 2. The molecule has 0 saturated heterocycles. The molecular weight excluding hydrogens is 244 g/mol. The largest absolute Gasteiger partial charge is 0.383 e. The Morgan fingerprint density at radius 1 is 0.950 bits per heavy atom. The molecule has 2 aromatic carbocycles. The number of hydrogen-bond donors (Lipinski definition) is 1. The van der Waals surface area contributed by atoms with E-state index in [4.69, 9.17) is 0 Å². The lowest BCUT2D eigenvalue weighted by molar-refractivity contribution is 0.747. The van der Waals surface area contributed by atoms with E-state index >= 15 is 0 Å². The fourth-order valence-corrected chi connectivity index (χ4v) is 2.97. The number of hydrogen-bond acceptors (Lipinski definition) is 2. The molecule has 104 valence electrons. The first-order valence-electron chi connectivity index (χ1n) is 7.43. The van der Waals surface area contributed by atoms with Crippen molar-refractivity contribution in [3.05, 3.63) is 53.6 Å². The Kier molecular flexibility index (Phi) is 3.64. The Labute approximate surface area is 121 Å². The van der Waals surface area contributed by atoms with Crippen LogP contribution in [-0.4, -0.2) is 13.1 Å². The van der Waals surface area contributed by atoms with Gasteiger partial charge in [0.15, 0.2) is 0 Å². The summed E-state index contributed by atoms with van der Waals surface area (Å²) in [4.78, 5) is 2.45. The minimum atomic E-state index is 1.07. The van der Waals surface area contributed by atoms with Crippen LogP contribution in [0.25, 0.3) is 0 Å². The van der Waals surface area contributed by atoms with Crippen LogP contribution in [-0.2, 0) is 0 Å². The zero-order chi connectivity index (χ0) is 13.9. The molecule has 1 aliphatic heterocycles. The van der Waals surface area contributed by atoms with Crippen LogP contribution in [0, 0.1) is 13.8 Å². The summed E-state index contributed by atoms with van der Waals surface area (Å²) in [5, 5.41) is 3.55. The molecule has 2 heteroatoms. The van der Waals surface area contributed by atoms with Crippen molar-refractivity contribution in [1.29, 1.82) is 0 Å². The van der Waals surface area contributed by atoms with Gasteiger partial charge in [0.05, 0.1) is 11.4 Å². The molecular formula is C18H22N2. The predicted molar refractivity (Wildman–Crippen MR) is 87.1 cm³/mol. The highest BCUT2D eigenvalue weighted by atomic mass is 15.2. The van der Waals surface area contributed by atoms with E-state index in [-0.39, 0.29) is 0 Å². The number of fused-ring (bicyclic) bond motifs is 1. The molecule has 2 aromatic rings. The van der Waals surface area contributed by atoms with Crippen molar-refractivity contribution < 1.29 is 0 Å². The molecule has 0 aliphatic carbocycles. The summed E-state index contributed by atoms with van der Waals surface area (Å²) in [5.74, 6) is 0. The van der Waals surface area contributed by atoms with Gasteiger partial charge >= 0.3 is 0 Å². The summed E-state index contributed by atoms with van der Waals surface area (Å²) in [7, 11) is 0. The first kappa shape index (κ1) is 13.0. The number of aryl methyl sites for hydroxylation is 2. The summed E-state index contributed by atoms with van der Waals surface area (Å²) in [6.45, 7) is 6.49. The summed E-state index contributed by atoms with van der Waals surface area (Å²) in [6.07, 6.45) is 2.43. The van der Waals surface area contributed by atoms with Gasteiger partial charge in [-0.15, -0.1) is 0 Å². The zero-order valence-electron chi connectivity index (χ0n) is 12.3. The normalized spacial score (nSPS) is 15.0. The maximum absolute atomic E-state index is 3.55. The molecule has 0 fully saturated rings. The molecule has 2 nitrogen and oxygen atoms in total. The number of benzene rings is 2. The predicted octanol–water partition coefficient (Wildman–Crippen LogP) is 4.65. The molecule has 0 spiro atoms. The van der Waals surface area contributed by atoms with E-state index in [0.717, 1.165) is 13.1 Å². The van der Waals surface area contributed by atoms with Crippen LogP contribution in [0.4, 0.5) is 17.1 Å². The van der Waals surface area contributed by atoms with E-state index in [2.05, 4.69) is 66.5 Å². The highest BCUT2D eigenvalue weighted by Crippen LogP contribution is 2.34. The molecule has 0 aromatic heterocycles. The van der Waals surface area contributed by atoms with E-state index in [1.165, 1.54) is 41.0 Å². The maximum atomic E-state index is 3.55. The van der Waals surface area contributed by atoms with E-state index in [0.29, 0.717) is 0 Å². The lowest BCUT2D eigenvalue weighted by Crippen LogP contribution is -2.23. The summed E-state index contributed by atoms with van der Waals surface area (Å²) < 4.78 is 0. The number of anilines is 3. The van der Waals surface area contributed by atoms with Gasteiger partial charge < -0.3 is 10.2 Å². The molecule has 0 saturated carbocycles. The lowest BCUT2D eigenvalue weighted by Gasteiger charge is -2.30. The molecule has 0 radical (unpaired) electrons. The van der Waals surface area contributed by atoms with Gasteiger partial charge in [-0.25, -0.2) is 0 Å². The van der Waals surface area contributed by atoms with Gasteiger partial charge in [0.2, 0.25) is 0 Å². The third-order valence-electron chi connectivity index (χ3n) is 3.84. The first-order chi connectivity index (χ1) is 9.74.